The molecule has 1 aromatic heterocycles. The predicted molar refractivity (Wildman–Crippen MR) is 63.9 cm³/mol. The Morgan fingerprint density at radius 3 is 3.00 bits per heavy atom. The average molecular weight is 226 g/mol. The second-order valence-electron chi connectivity index (χ2n) is 3.51. The summed E-state index contributed by atoms with van der Waals surface area (Å²) in [6.07, 6.45) is 3.99. The largest absolute Gasteiger partial charge is 0.379 e. The van der Waals surface area contributed by atoms with E-state index >= 15 is 0 Å². The smallest absolute Gasteiger partial charge is 0.128 e. The first-order chi connectivity index (χ1) is 6.77. The number of hydrogen-bond acceptors (Lipinski definition) is 3. The maximum atomic E-state index is 10.6. The molecule has 0 radical (unpaired) electrons. The van der Waals surface area contributed by atoms with Gasteiger partial charge in [0.1, 0.15) is 5.60 Å². The summed E-state index contributed by atoms with van der Waals surface area (Å²) in [5.41, 5.74) is -0.810. The quantitative estimate of drug-likeness (QED) is 0.800. The first kappa shape index (κ1) is 10.3. The number of aliphatic hydroxyl groups is 1. The van der Waals surface area contributed by atoms with Crippen LogP contribution in [0.25, 0.3) is 0 Å². The number of rotatable bonds is 3. The molecule has 2 heterocycles. The monoisotopic (exact) mass is 226 g/mol. The van der Waals surface area contributed by atoms with Crippen molar-refractivity contribution in [1.29, 1.82) is 0 Å². The fourth-order valence-corrected chi connectivity index (χ4v) is 4.20. The first-order valence-electron chi connectivity index (χ1n) is 4.79. The highest BCUT2D eigenvalue weighted by Crippen LogP contribution is 2.42. The molecule has 2 rings (SSSR count). The highest BCUT2D eigenvalue weighted by Gasteiger charge is 2.38. The van der Waals surface area contributed by atoms with Gasteiger partial charge in [-0.25, -0.2) is 0 Å². The average Bonchev–Trinajstić information content (AvgIpc) is 2.88. The van der Waals surface area contributed by atoms with Crippen LogP contribution in [0.3, 0.4) is 0 Å². The van der Waals surface area contributed by atoms with Gasteiger partial charge in [0.15, 0.2) is 0 Å². The van der Waals surface area contributed by atoms with E-state index in [1.807, 2.05) is 29.3 Å². The summed E-state index contributed by atoms with van der Waals surface area (Å²) in [5.74, 6) is 1.16. The first-order valence-corrected chi connectivity index (χ1v) is 6.72. The van der Waals surface area contributed by atoms with E-state index in [-0.39, 0.29) is 0 Å². The van der Waals surface area contributed by atoms with Gasteiger partial charge < -0.3 is 5.11 Å². The third-order valence-electron chi connectivity index (χ3n) is 2.65. The minimum atomic E-state index is -0.810. The molecular weight excluding hydrogens is 212 g/mol. The summed E-state index contributed by atoms with van der Waals surface area (Å²) >= 11 is 3.46. The number of thiophene rings is 1. The second-order valence-corrected chi connectivity index (χ2v) is 5.77. The lowest BCUT2D eigenvalue weighted by molar-refractivity contribution is 0.0900. The summed E-state index contributed by atoms with van der Waals surface area (Å²) in [5, 5.41) is 12.8. The van der Waals surface area contributed by atoms with Crippen LogP contribution in [0.2, 0.25) is 0 Å². The molecule has 2 atom stereocenters. The zero-order valence-electron chi connectivity index (χ0n) is 7.98. The molecule has 1 nitrogen and oxygen atoms in total. The Balaban J connectivity index is 2.28. The molecule has 1 N–H and O–H groups in total. The lowest BCUT2D eigenvalue weighted by Crippen LogP contribution is -2.32. The third-order valence-corrected chi connectivity index (χ3v) is 5.18. The Morgan fingerprint density at radius 1 is 1.64 bits per heavy atom. The van der Waals surface area contributed by atoms with E-state index in [0.717, 1.165) is 17.1 Å². The molecule has 0 bridgehead atoms. The van der Waals surface area contributed by atoms with Crippen molar-refractivity contribution in [3.63, 3.8) is 0 Å². The van der Waals surface area contributed by atoms with Crippen LogP contribution in [0.4, 0.5) is 0 Å². The molecule has 3 heteroatoms. The van der Waals surface area contributed by atoms with Crippen LogP contribution in [0.1, 0.15) is 17.7 Å². The molecule has 0 aromatic carbocycles. The van der Waals surface area contributed by atoms with Crippen LogP contribution in [-0.2, 0) is 5.60 Å². The van der Waals surface area contributed by atoms with Gasteiger partial charge in [0.25, 0.3) is 0 Å². The van der Waals surface area contributed by atoms with Crippen LogP contribution in [-0.4, -0.2) is 16.1 Å². The SMILES string of the molecule is C=CC(O)(c1cccs1)C1CCCS1. The Labute approximate surface area is 92.8 Å². The fraction of sp³-hybridized carbons (Fsp3) is 0.455. The van der Waals surface area contributed by atoms with Gasteiger partial charge in [0.2, 0.25) is 0 Å². The fourth-order valence-electron chi connectivity index (χ4n) is 1.82. The van der Waals surface area contributed by atoms with Crippen LogP contribution in [0.5, 0.6) is 0 Å². The maximum absolute atomic E-state index is 10.6. The zero-order chi connectivity index (χ0) is 10.0. The van der Waals surface area contributed by atoms with Gasteiger partial charge >= 0.3 is 0 Å². The van der Waals surface area contributed by atoms with Crippen molar-refractivity contribution in [2.45, 2.75) is 23.7 Å². The van der Waals surface area contributed by atoms with Crippen LogP contribution < -0.4 is 0 Å². The molecule has 76 valence electrons. The van der Waals surface area contributed by atoms with Crippen LogP contribution >= 0.6 is 23.1 Å². The van der Waals surface area contributed by atoms with E-state index in [9.17, 15) is 5.11 Å². The Morgan fingerprint density at radius 2 is 2.50 bits per heavy atom. The zero-order valence-corrected chi connectivity index (χ0v) is 9.61. The van der Waals surface area contributed by atoms with Crippen molar-refractivity contribution in [3.05, 3.63) is 35.0 Å². The second kappa shape index (κ2) is 4.09. The highest BCUT2D eigenvalue weighted by atomic mass is 32.2. The van der Waals surface area contributed by atoms with Crippen molar-refractivity contribution in [2.75, 3.05) is 5.75 Å². The predicted octanol–water partition coefficient (Wildman–Crippen LogP) is 3.02. The van der Waals surface area contributed by atoms with Gasteiger partial charge in [-0.15, -0.1) is 11.3 Å². The topological polar surface area (TPSA) is 20.2 Å². The molecule has 1 aliphatic heterocycles. The van der Waals surface area contributed by atoms with Gasteiger partial charge in [-0.3, -0.25) is 0 Å². The van der Waals surface area contributed by atoms with E-state index in [1.165, 1.54) is 6.42 Å². The molecule has 0 amide bonds. The molecule has 2 unspecified atom stereocenters. The lowest BCUT2D eigenvalue weighted by atomic mass is 9.95. The summed E-state index contributed by atoms with van der Waals surface area (Å²) in [6, 6.07) is 3.97. The van der Waals surface area contributed by atoms with Crippen molar-refractivity contribution in [1.82, 2.24) is 0 Å². The Hall–Kier alpha value is -0.250. The summed E-state index contributed by atoms with van der Waals surface area (Å²) in [7, 11) is 0. The maximum Gasteiger partial charge on any atom is 0.128 e. The summed E-state index contributed by atoms with van der Waals surface area (Å²) in [6.45, 7) is 3.78. The molecule has 0 spiro atoms. The molecule has 1 aromatic rings. The van der Waals surface area contributed by atoms with E-state index < -0.39 is 5.60 Å². The molecule has 1 aliphatic rings. The van der Waals surface area contributed by atoms with Gasteiger partial charge in [0, 0.05) is 10.1 Å². The minimum absolute atomic E-state index is 0.290. The van der Waals surface area contributed by atoms with Crippen LogP contribution in [0, 0.1) is 0 Å². The van der Waals surface area contributed by atoms with Gasteiger partial charge in [-0.05, 0) is 30.0 Å². The number of thioether (sulfide) groups is 1. The lowest BCUT2D eigenvalue weighted by Gasteiger charge is -2.29. The third kappa shape index (κ3) is 1.64. The van der Waals surface area contributed by atoms with Crippen molar-refractivity contribution in [2.24, 2.45) is 0 Å². The molecule has 1 fully saturated rings. The van der Waals surface area contributed by atoms with Crippen molar-refractivity contribution >= 4 is 23.1 Å². The molecule has 0 aliphatic carbocycles. The normalized spacial score (nSPS) is 25.9. The van der Waals surface area contributed by atoms with E-state index in [0.29, 0.717) is 5.25 Å². The van der Waals surface area contributed by atoms with Crippen molar-refractivity contribution in [3.8, 4) is 0 Å². The Kier molecular flexibility index (Phi) is 3.00. The van der Waals surface area contributed by atoms with Gasteiger partial charge in [0.05, 0.1) is 0 Å². The highest BCUT2D eigenvalue weighted by molar-refractivity contribution is 8.00. The molecular formula is C11H14OS2. The van der Waals surface area contributed by atoms with Gasteiger partial charge in [-0.2, -0.15) is 11.8 Å². The Bertz CT molecular complexity index is 301. The molecule has 0 saturated carbocycles. The summed E-state index contributed by atoms with van der Waals surface area (Å²) in [4.78, 5) is 1.02. The van der Waals surface area contributed by atoms with E-state index in [2.05, 4.69) is 6.58 Å². The summed E-state index contributed by atoms with van der Waals surface area (Å²) < 4.78 is 0. The molecule has 14 heavy (non-hydrogen) atoms. The van der Waals surface area contributed by atoms with E-state index in [4.69, 9.17) is 0 Å². The van der Waals surface area contributed by atoms with Crippen molar-refractivity contribution < 1.29 is 5.11 Å². The molecule has 1 saturated heterocycles. The number of hydrogen-bond donors (Lipinski definition) is 1. The minimum Gasteiger partial charge on any atom is -0.379 e. The standard InChI is InChI=1S/C11H14OS2/c1-2-11(12,9-5-3-7-13-9)10-6-4-8-14-10/h2-3,5,7,10,12H,1,4,6,8H2. The van der Waals surface area contributed by atoms with Crippen LogP contribution in [0.15, 0.2) is 30.2 Å². The van der Waals surface area contributed by atoms with E-state index in [1.54, 1.807) is 17.4 Å². The van der Waals surface area contributed by atoms with Gasteiger partial charge in [-0.1, -0.05) is 18.7 Å².